The van der Waals surface area contributed by atoms with Crippen molar-refractivity contribution < 1.29 is 0 Å². The van der Waals surface area contributed by atoms with Gasteiger partial charge in [-0.2, -0.15) is 0 Å². The van der Waals surface area contributed by atoms with Crippen molar-refractivity contribution in [3.8, 4) is 0 Å². The molecule has 0 amide bonds. The van der Waals surface area contributed by atoms with Crippen LogP contribution in [0.4, 0.5) is 0 Å². The highest BCUT2D eigenvalue weighted by Gasteiger charge is 2.28. The van der Waals surface area contributed by atoms with E-state index in [1.165, 1.54) is 11.1 Å². The van der Waals surface area contributed by atoms with Crippen LogP contribution >= 0.6 is 0 Å². The molecule has 2 aromatic rings. The monoisotopic (exact) mass is 341 g/mol. The number of fused-ring (bicyclic) bond motifs is 1. The first-order valence-electron chi connectivity index (χ1n) is 9.22. The third-order valence-corrected chi connectivity index (χ3v) is 5.39. The molecule has 0 radical (unpaired) electrons. The zero-order valence-corrected chi connectivity index (χ0v) is 16.2. The summed E-state index contributed by atoms with van der Waals surface area (Å²) < 4.78 is 2.06. The summed E-state index contributed by atoms with van der Waals surface area (Å²) in [4.78, 5) is 2.58. The fourth-order valence-corrected chi connectivity index (χ4v) is 3.43. The summed E-state index contributed by atoms with van der Waals surface area (Å²) >= 11 is 0. The van der Waals surface area contributed by atoms with Gasteiger partial charge in [0.05, 0.1) is 6.54 Å². The molecule has 1 aromatic heterocycles. The summed E-state index contributed by atoms with van der Waals surface area (Å²) in [5.41, 5.74) is 3.17. The number of hydrogen-bond acceptors (Lipinski definition) is 4. The second-order valence-corrected chi connectivity index (χ2v) is 8.28. The van der Waals surface area contributed by atoms with E-state index in [4.69, 9.17) is 0 Å². The number of hydrogen-bond donors (Lipinski definition) is 1. The molecule has 1 N–H and O–H groups in total. The number of rotatable bonds is 5. The first-order valence-corrected chi connectivity index (χ1v) is 9.22. The standard InChI is InChI=1S/C20H31N5/c1-15-22-23-19(24(15)5)12-21-18(20(2,3)4)14-25-11-10-16-8-6-7-9-17(16)13-25/h6-9,18,21H,10-14H2,1-5H3. The van der Waals surface area contributed by atoms with E-state index in [1.807, 2.05) is 14.0 Å². The van der Waals surface area contributed by atoms with Gasteiger partial charge in [0.25, 0.3) is 0 Å². The van der Waals surface area contributed by atoms with Gasteiger partial charge in [0.1, 0.15) is 11.6 Å². The molecule has 3 rings (SSSR count). The molecule has 0 saturated carbocycles. The van der Waals surface area contributed by atoms with Crippen molar-refractivity contribution in [3.05, 3.63) is 47.0 Å². The molecular weight excluding hydrogens is 310 g/mol. The lowest BCUT2D eigenvalue weighted by Crippen LogP contribution is -2.49. The average Bonchev–Trinajstić information content (AvgIpc) is 2.89. The highest BCUT2D eigenvalue weighted by molar-refractivity contribution is 5.29. The molecule has 136 valence electrons. The maximum Gasteiger partial charge on any atom is 0.146 e. The van der Waals surface area contributed by atoms with Crippen molar-refractivity contribution in [1.29, 1.82) is 0 Å². The van der Waals surface area contributed by atoms with Gasteiger partial charge in [-0.1, -0.05) is 45.0 Å². The number of nitrogens with one attached hydrogen (secondary N) is 1. The zero-order chi connectivity index (χ0) is 18.0. The predicted octanol–water partition coefficient (Wildman–Crippen LogP) is 2.69. The topological polar surface area (TPSA) is 46.0 Å². The predicted molar refractivity (Wildman–Crippen MR) is 101 cm³/mol. The van der Waals surface area contributed by atoms with E-state index in [2.05, 4.69) is 70.0 Å². The average molecular weight is 342 g/mol. The normalized spacial score (nSPS) is 16.7. The molecule has 0 spiro atoms. The summed E-state index contributed by atoms with van der Waals surface area (Å²) in [6.45, 7) is 12.9. The van der Waals surface area contributed by atoms with Crippen LogP contribution in [0.3, 0.4) is 0 Å². The molecule has 0 aliphatic carbocycles. The SMILES string of the molecule is Cc1nnc(CNC(CN2CCc3ccccc3C2)C(C)(C)C)n1C. The second-order valence-electron chi connectivity index (χ2n) is 8.28. The van der Waals surface area contributed by atoms with Gasteiger partial charge in [-0.3, -0.25) is 4.90 Å². The molecule has 1 aromatic carbocycles. The molecule has 0 saturated heterocycles. The van der Waals surface area contributed by atoms with Crippen LogP contribution in [0.2, 0.25) is 0 Å². The summed E-state index contributed by atoms with van der Waals surface area (Å²) in [6.07, 6.45) is 1.15. The summed E-state index contributed by atoms with van der Waals surface area (Å²) in [5, 5.41) is 12.2. The number of benzene rings is 1. The highest BCUT2D eigenvalue weighted by atomic mass is 15.3. The first-order chi connectivity index (χ1) is 11.8. The smallest absolute Gasteiger partial charge is 0.146 e. The lowest BCUT2D eigenvalue weighted by Gasteiger charge is -2.38. The van der Waals surface area contributed by atoms with Crippen LogP contribution in [0.25, 0.3) is 0 Å². The van der Waals surface area contributed by atoms with Crippen LogP contribution in [-0.4, -0.2) is 38.8 Å². The van der Waals surface area contributed by atoms with Crippen LogP contribution in [0.15, 0.2) is 24.3 Å². The Morgan fingerprint density at radius 1 is 1.16 bits per heavy atom. The Morgan fingerprint density at radius 3 is 2.52 bits per heavy atom. The van der Waals surface area contributed by atoms with Gasteiger partial charge >= 0.3 is 0 Å². The van der Waals surface area contributed by atoms with Gasteiger partial charge in [-0.05, 0) is 29.9 Å². The maximum absolute atomic E-state index is 4.28. The lowest BCUT2D eigenvalue weighted by atomic mass is 9.85. The van der Waals surface area contributed by atoms with Crippen LogP contribution in [0.1, 0.15) is 43.5 Å². The largest absolute Gasteiger partial charge is 0.317 e. The maximum atomic E-state index is 4.28. The van der Waals surface area contributed by atoms with Crippen LogP contribution in [0, 0.1) is 12.3 Å². The van der Waals surface area contributed by atoms with Gasteiger partial charge in [0, 0.05) is 32.7 Å². The number of aryl methyl sites for hydroxylation is 1. The van der Waals surface area contributed by atoms with E-state index in [0.29, 0.717) is 6.04 Å². The Bertz CT molecular complexity index is 713. The van der Waals surface area contributed by atoms with Crippen LogP contribution in [-0.2, 0) is 26.6 Å². The van der Waals surface area contributed by atoms with Gasteiger partial charge < -0.3 is 9.88 Å². The Hall–Kier alpha value is -1.72. The van der Waals surface area contributed by atoms with E-state index in [9.17, 15) is 0 Å². The van der Waals surface area contributed by atoms with Crippen molar-refractivity contribution in [2.45, 2.75) is 53.2 Å². The molecule has 0 fully saturated rings. The molecule has 5 nitrogen and oxygen atoms in total. The minimum absolute atomic E-state index is 0.185. The minimum atomic E-state index is 0.185. The van der Waals surface area contributed by atoms with Gasteiger partial charge in [-0.25, -0.2) is 0 Å². The summed E-state index contributed by atoms with van der Waals surface area (Å²) in [7, 11) is 2.03. The lowest BCUT2D eigenvalue weighted by molar-refractivity contribution is 0.160. The van der Waals surface area contributed by atoms with E-state index in [-0.39, 0.29) is 5.41 Å². The fraction of sp³-hybridized carbons (Fsp3) is 0.600. The molecule has 1 aliphatic heterocycles. The molecule has 1 atom stereocenters. The van der Waals surface area contributed by atoms with E-state index in [0.717, 1.165) is 44.2 Å². The molecule has 1 aliphatic rings. The van der Waals surface area contributed by atoms with Gasteiger partial charge in [-0.15, -0.1) is 10.2 Å². The Morgan fingerprint density at radius 2 is 1.88 bits per heavy atom. The molecule has 1 unspecified atom stereocenters. The van der Waals surface area contributed by atoms with Crippen molar-refractivity contribution in [2.75, 3.05) is 13.1 Å². The number of aromatic nitrogens is 3. The Labute approximate surface area is 151 Å². The zero-order valence-electron chi connectivity index (χ0n) is 16.2. The third kappa shape index (κ3) is 4.28. The molecule has 0 bridgehead atoms. The molecule has 25 heavy (non-hydrogen) atoms. The Kier molecular flexibility index (Phi) is 5.25. The molecule has 2 heterocycles. The highest BCUT2D eigenvalue weighted by Crippen LogP contribution is 2.24. The van der Waals surface area contributed by atoms with Crippen LogP contribution < -0.4 is 5.32 Å². The van der Waals surface area contributed by atoms with Crippen molar-refractivity contribution in [2.24, 2.45) is 12.5 Å². The number of nitrogens with zero attached hydrogens (tertiary/aromatic N) is 4. The van der Waals surface area contributed by atoms with Gasteiger partial charge in [0.2, 0.25) is 0 Å². The summed E-state index contributed by atoms with van der Waals surface area (Å²) in [6, 6.07) is 9.23. The molecular formula is C20H31N5. The first kappa shape index (κ1) is 18.1. The van der Waals surface area contributed by atoms with Gasteiger partial charge in [0.15, 0.2) is 0 Å². The van der Waals surface area contributed by atoms with E-state index in [1.54, 1.807) is 0 Å². The van der Waals surface area contributed by atoms with Crippen LogP contribution in [0.5, 0.6) is 0 Å². The molecule has 5 heteroatoms. The van der Waals surface area contributed by atoms with Crippen molar-refractivity contribution >= 4 is 0 Å². The van der Waals surface area contributed by atoms with E-state index < -0.39 is 0 Å². The van der Waals surface area contributed by atoms with E-state index >= 15 is 0 Å². The van der Waals surface area contributed by atoms with Crippen molar-refractivity contribution in [1.82, 2.24) is 25.0 Å². The third-order valence-electron chi connectivity index (χ3n) is 5.39. The summed E-state index contributed by atoms with van der Waals surface area (Å²) in [5.74, 6) is 1.95. The Balaban J connectivity index is 1.65. The fourth-order valence-electron chi connectivity index (χ4n) is 3.43. The quantitative estimate of drug-likeness (QED) is 0.908. The minimum Gasteiger partial charge on any atom is -0.317 e. The second kappa shape index (κ2) is 7.26. The van der Waals surface area contributed by atoms with Crippen molar-refractivity contribution in [3.63, 3.8) is 0 Å².